The average Bonchev–Trinajstić information content (AvgIpc) is 3.28. The summed E-state index contributed by atoms with van der Waals surface area (Å²) in [6, 6.07) is 29.3. The van der Waals surface area contributed by atoms with Crippen LogP contribution in [-0.2, 0) is 22.6 Å². The van der Waals surface area contributed by atoms with Gasteiger partial charge in [0.2, 0.25) is 5.91 Å². The van der Waals surface area contributed by atoms with Crippen LogP contribution in [0.4, 0.5) is 0 Å². The second-order valence-electron chi connectivity index (χ2n) is 8.70. The van der Waals surface area contributed by atoms with Gasteiger partial charge in [-0.3, -0.25) is 4.79 Å². The number of carbonyl (C=O) groups is 1. The summed E-state index contributed by atoms with van der Waals surface area (Å²) in [6.07, 6.45) is 3.97. The fraction of sp³-hybridized carbons (Fsp3) is 0.321. The summed E-state index contributed by atoms with van der Waals surface area (Å²) in [5.74, 6) is 0.970. The Kier molecular flexibility index (Phi) is 6.22. The molecule has 1 amide bonds. The molecular weight excluding hydrogens is 398 g/mol. The first kappa shape index (κ1) is 20.8. The van der Waals surface area contributed by atoms with Gasteiger partial charge in [0, 0.05) is 6.04 Å². The summed E-state index contributed by atoms with van der Waals surface area (Å²) in [4.78, 5) is 14.9. The maximum absolute atomic E-state index is 12.7. The van der Waals surface area contributed by atoms with Crippen molar-refractivity contribution in [3.63, 3.8) is 0 Å². The average molecular weight is 428 g/mol. The Bertz CT molecular complexity index is 1020. The number of aryl methyl sites for hydroxylation is 1. The number of fused-ring (bicyclic) bond motifs is 1. The van der Waals surface area contributed by atoms with Gasteiger partial charge in [0.1, 0.15) is 25.1 Å². The van der Waals surface area contributed by atoms with E-state index in [1.165, 1.54) is 5.56 Å². The Morgan fingerprint density at radius 3 is 2.25 bits per heavy atom. The molecule has 2 saturated heterocycles. The maximum atomic E-state index is 12.7. The molecule has 0 aromatic heterocycles. The van der Waals surface area contributed by atoms with Crippen LogP contribution in [0.3, 0.4) is 0 Å². The third kappa shape index (κ3) is 4.56. The molecule has 2 heterocycles. The van der Waals surface area contributed by atoms with Gasteiger partial charge in [-0.15, -0.1) is 0 Å². The number of ether oxygens (including phenoxy) is 2. The normalized spacial score (nSPS) is 22.6. The summed E-state index contributed by atoms with van der Waals surface area (Å²) in [6.45, 7) is 0.712. The Labute approximate surface area is 189 Å². The molecule has 0 radical (unpaired) electrons. The highest BCUT2D eigenvalue weighted by Crippen LogP contribution is 2.40. The van der Waals surface area contributed by atoms with Crippen molar-refractivity contribution in [2.45, 2.75) is 50.5 Å². The molecule has 4 heteroatoms. The second kappa shape index (κ2) is 9.58. The van der Waals surface area contributed by atoms with Crippen molar-refractivity contribution in [1.29, 1.82) is 0 Å². The first-order valence-corrected chi connectivity index (χ1v) is 11.5. The van der Waals surface area contributed by atoms with Crippen molar-refractivity contribution in [2.24, 2.45) is 0 Å². The Morgan fingerprint density at radius 1 is 0.844 bits per heavy atom. The summed E-state index contributed by atoms with van der Waals surface area (Å²) >= 11 is 0. The van der Waals surface area contributed by atoms with Crippen LogP contribution < -0.4 is 4.74 Å². The number of hydrogen-bond acceptors (Lipinski definition) is 3. The predicted octanol–water partition coefficient (Wildman–Crippen LogP) is 5.33. The van der Waals surface area contributed by atoms with Crippen LogP contribution in [0.2, 0.25) is 0 Å². The molecule has 3 aromatic carbocycles. The highest BCUT2D eigenvalue weighted by molar-refractivity contribution is 5.79. The first-order valence-electron chi connectivity index (χ1n) is 11.5. The number of hydrogen-bond donors (Lipinski definition) is 0. The minimum Gasteiger partial charge on any atom is -0.489 e. The highest BCUT2D eigenvalue weighted by Gasteiger charge is 2.45. The van der Waals surface area contributed by atoms with Crippen molar-refractivity contribution in [1.82, 2.24) is 4.90 Å². The standard InChI is InChI=1S/C28H29NO3/c30-27-20-32-28(23-12-16-25(17-13-23)31-19-22-9-5-2-6-10-22)26-18-15-24(29(26)27)14-11-21-7-3-1-4-8-21/h1-10,12-13,16-17,24,26,28H,11,14-15,18-20H2. The van der Waals surface area contributed by atoms with Crippen LogP contribution in [0.1, 0.15) is 42.1 Å². The van der Waals surface area contributed by atoms with Crippen molar-refractivity contribution >= 4 is 5.91 Å². The molecule has 4 nitrogen and oxygen atoms in total. The van der Waals surface area contributed by atoms with E-state index in [2.05, 4.69) is 53.4 Å². The minimum absolute atomic E-state index is 0.0717. The molecule has 3 aromatic rings. The lowest BCUT2D eigenvalue weighted by Crippen LogP contribution is -2.50. The van der Waals surface area contributed by atoms with Gasteiger partial charge in [-0.25, -0.2) is 0 Å². The molecule has 2 aliphatic rings. The molecule has 3 unspecified atom stereocenters. The summed E-state index contributed by atoms with van der Waals surface area (Å²) in [5.41, 5.74) is 3.59. The van der Waals surface area contributed by atoms with Gasteiger partial charge in [-0.2, -0.15) is 0 Å². The van der Waals surface area contributed by atoms with E-state index in [9.17, 15) is 4.79 Å². The summed E-state index contributed by atoms with van der Waals surface area (Å²) in [5, 5.41) is 0. The number of amides is 1. The van der Waals surface area contributed by atoms with E-state index in [0.717, 1.165) is 42.6 Å². The third-order valence-corrected chi connectivity index (χ3v) is 6.64. The summed E-state index contributed by atoms with van der Waals surface area (Å²) in [7, 11) is 0. The molecule has 32 heavy (non-hydrogen) atoms. The Balaban J connectivity index is 1.23. The molecular formula is C28H29NO3. The van der Waals surface area contributed by atoms with Crippen molar-refractivity contribution in [2.75, 3.05) is 6.61 Å². The van der Waals surface area contributed by atoms with Gasteiger partial charge in [-0.05, 0) is 54.5 Å². The highest BCUT2D eigenvalue weighted by atomic mass is 16.5. The van der Waals surface area contributed by atoms with E-state index < -0.39 is 0 Å². The quantitative estimate of drug-likeness (QED) is 0.512. The van der Waals surface area contributed by atoms with Crippen molar-refractivity contribution in [3.8, 4) is 5.75 Å². The third-order valence-electron chi connectivity index (χ3n) is 6.64. The SMILES string of the molecule is O=C1COC(c2ccc(OCc3ccccc3)cc2)C2CCC(CCc3ccccc3)N12. The van der Waals surface area contributed by atoms with Gasteiger partial charge >= 0.3 is 0 Å². The molecule has 0 aliphatic carbocycles. The lowest BCUT2D eigenvalue weighted by atomic mass is 9.98. The predicted molar refractivity (Wildman–Crippen MR) is 124 cm³/mol. The van der Waals surface area contributed by atoms with E-state index in [1.54, 1.807) is 0 Å². The molecule has 0 N–H and O–H groups in total. The monoisotopic (exact) mass is 427 g/mol. The topological polar surface area (TPSA) is 38.8 Å². The molecule has 164 valence electrons. The van der Waals surface area contributed by atoms with E-state index in [0.29, 0.717) is 12.6 Å². The fourth-order valence-electron chi connectivity index (χ4n) is 5.02. The molecule has 5 rings (SSSR count). The van der Waals surface area contributed by atoms with Crippen LogP contribution in [0.15, 0.2) is 84.9 Å². The second-order valence-corrected chi connectivity index (χ2v) is 8.70. The van der Waals surface area contributed by atoms with Gasteiger partial charge in [-0.1, -0.05) is 72.8 Å². The van der Waals surface area contributed by atoms with Crippen molar-refractivity contribution < 1.29 is 14.3 Å². The van der Waals surface area contributed by atoms with Crippen LogP contribution in [0.25, 0.3) is 0 Å². The zero-order chi connectivity index (χ0) is 21.8. The number of nitrogens with zero attached hydrogens (tertiary/aromatic N) is 1. The number of morpholine rings is 1. The van der Waals surface area contributed by atoms with Gasteiger partial charge in [0.05, 0.1) is 6.04 Å². The number of rotatable bonds is 7. The first-order chi connectivity index (χ1) is 15.8. The minimum atomic E-state index is -0.0717. The fourth-order valence-corrected chi connectivity index (χ4v) is 5.02. The lowest BCUT2D eigenvalue weighted by molar-refractivity contribution is -0.157. The number of benzene rings is 3. The van der Waals surface area contributed by atoms with E-state index in [-0.39, 0.29) is 24.7 Å². The van der Waals surface area contributed by atoms with Crippen molar-refractivity contribution in [3.05, 3.63) is 102 Å². The molecule has 0 bridgehead atoms. The molecule has 2 fully saturated rings. The van der Waals surface area contributed by atoms with Crippen LogP contribution >= 0.6 is 0 Å². The van der Waals surface area contributed by atoms with Gasteiger partial charge < -0.3 is 14.4 Å². The molecule has 0 saturated carbocycles. The van der Waals surface area contributed by atoms with E-state index in [4.69, 9.17) is 9.47 Å². The van der Waals surface area contributed by atoms with Gasteiger partial charge in [0.25, 0.3) is 0 Å². The number of carbonyl (C=O) groups excluding carboxylic acids is 1. The molecule has 3 atom stereocenters. The molecule has 0 spiro atoms. The zero-order valence-electron chi connectivity index (χ0n) is 18.2. The smallest absolute Gasteiger partial charge is 0.249 e. The van der Waals surface area contributed by atoms with E-state index in [1.807, 2.05) is 36.4 Å². The lowest BCUT2D eigenvalue weighted by Gasteiger charge is -2.39. The van der Waals surface area contributed by atoms with E-state index >= 15 is 0 Å². The van der Waals surface area contributed by atoms with Gasteiger partial charge in [0.15, 0.2) is 0 Å². The maximum Gasteiger partial charge on any atom is 0.249 e. The Morgan fingerprint density at radius 2 is 1.53 bits per heavy atom. The molecule has 2 aliphatic heterocycles. The van der Waals surface area contributed by atoms with Crippen LogP contribution in [-0.4, -0.2) is 29.5 Å². The van der Waals surface area contributed by atoms with Crippen LogP contribution in [0.5, 0.6) is 5.75 Å². The Hall–Kier alpha value is -3.11. The largest absolute Gasteiger partial charge is 0.489 e. The zero-order valence-corrected chi connectivity index (χ0v) is 18.2. The van der Waals surface area contributed by atoms with Crippen LogP contribution in [0, 0.1) is 0 Å². The summed E-state index contributed by atoms with van der Waals surface area (Å²) < 4.78 is 12.0.